The van der Waals surface area contributed by atoms with Crippen molar-refractivity contribution in [3.05, 3.63) is 57.7 Å². The maximum atomic E-state index is 13.5. The maximum absolute atomic E-state index is 13.5. The third-order valence-electron chi connectivity index (χ3n) is 8.17. The van der Waals surface area contributed by atoms with Crippen LogP contribution in [0.4, 0.5) is 0 Å². The van der Waals surface area contributed by atoms with Crippen LogP contribution < -0.4 is 5.32 Å². The van der Waals surface area contributed by atoms with Crippen molar-refractivity contribution in [2.24, 2.45) is 11.3 Å². The van der Waals surface area contributed by atoms with Crippen LogP contribution in [0.1, 0.15) is 76.6 Å². The van der Waals surface area contributed by atoms with E-state index in [1.165, 1.54) is 16.9 Å². The topological polar surface area (TPSA) is 87.7 Å². The van der Waals surface area contributed by atoms with Crippen LogP contribution in [-0.2, 0) is 17.6 Å². The van der Waals surface area contributed by atoms with E-state index in [4.69, 9.17) is 14.7 Å². The van der Waals surface area contributed by atoms with Gasteiger partial charge in [0.2, 0.25) is 0 Å². The number of hydrogen-bond donors (Lipinski definition) is 1. The number of amides is 2. The van der Waals surface area contributed by atoms with E-state index in [-0.39, 0.29) is 23.3 Å². The average molecular weight is 564 g/mol. The molecule has 1 aromatic carbocycles. The number of hydrogen-bond acceptors (Lipinski definition) is 7. The van der Waals surface area contributed by atoms with Crippen LogP contribution in [0.2, 0.25) is 0 Å². The molecule has 2 aromatic heterocycles. The Kier molecular flexibility index (Phi) is 8.54. The Morgan fingerprint density at radius 1 is 1.18 bits per heavy atom. The van der Waals surface area contributed by atoms with Crippen molar-refractivity contribution < 1.29 is 14.3 Å². The van der Waals surface area contributed by atoms with Gasteiger partial charge in [-0.1, -0.05) is 44.2 Å². The Morgan fingerprint density at radius 3 is 2.67 bits per heavy atom. The van der Waals surface area contributed by atoms with Gasteiger partial charge in [-0.05, 0) is 87.0 Å². The molecule has 0 bridgehead atoms. The van der Waals surface area contributed by atoms with Gasteiger partial charge in [0.15, 0.2) is 5.01 Å². The number of rotatable bonds is 7. The molecule has 40 heavy (non-hydrogen) atoms. The lowest BCUT2D eigenvalue weighted by atomic mass is 9.71. The molecule has 1 saturated heterocycles. The van der Waals surface area contributed by atoms with E-state index >= 15 is 0 Å². The summed E-state index contributed by atoms with van der Waals surface area (Å²) >= 11 is 1.36. The highest BCUT2D eigenvalue weighted by Crippen LogP contribution is 2.38. The van der Waals surface area contributed by atoms with Crippen molar-refractivity contribution in [1.29, 1.82) is 0 Å². The highest BCUT2D eigenvalue weighted by Gasteiger charge is 2.30. The predicted octanol–water partition coefficient (Wildman–Crippen LogP) is 4.74. The van der Waals surface area contributed by atoms with Crippen LogP contribution in [0.15, 0.2) is 30.3 Å². The number of aromatic nitrogens is 2. The molecule has 0 unspecified atom stereocenters. The minimum atomic E-state index is -0.256. The van der Waals surface area contributed by atoms with Crippen LogP contribution in [-0.4, -0.2) is 78.5 Å². The van der Waals surface area contributed by atoms with Gasteiger partial charge in [0.1, 0.15) is 10.3 Å². The number of nitrogens with one attached hydrogen (secondary N) is 1. The number of aryl methyl sites for hydroxylation is 1. The quantitative estimate of drug-likeness (QED) is 0.447. The van der Waals surface area contributed by atoms with E-state index in [0.717, 1.165) is 47.4 Å². The molecule has 8 nitrogen and oxygen atoms in total. The Morgan fingerprint density at radius 2 is 1.95 bits per heavy atom. The largest absolute Gasteiger partial charge is 0.378 e. The lowest BCUT2D eigenvalue weighted by Crippen LogP contribution is -2.40. The second-order valence-electron chi connectivity index (χ2n) is 12.4. The van der Waals surface area contributed by atoms with Crippen LogP contribution in [0.5, 0.6) is 0 Å². The van der Waals surface area contributed by atoms with Gasteiger partial charge >= 0.3 is 0 Å². The fraction of sp³-hybridized carbons (Fsp3) is 0.548. The van der Waals surface area contributed by atoms with Crippen LogP contribution in [0.25, 0.3) is 10.3 Å². The first-order valence-electron chi connectivity index (χ1n) is 14.3. The van der Waals surface area contributed by atoms with E-state index in [2.05, 4.69) is 37.1 Å². The summed E-state index contributed by atoms with van der Waals surface area (Å²) in [5.41, 5.74) is 5.01. The maximum Gasteiger partial charge on any atom is 0.280 e. The van der Waals surface area contributed by atoms with Crippen LogP contribution >= 0.6 is 11.3 Å². The van der Waals surface area contributed by atoms with Gasteiger partial charge in [-0.3, -0.25) is 9.59 Å². The molecule has 1 N–H and O–H groups in total. The molecular weight excluding hydrogens is 522 g/mol. The lowest BCUT2D eigenvalue weighted by molar-refractivity contribution is 0.0303. The summed E-state index contributed by atoms with van der Waals surface area (Å²) in [4.78, 5) is 41.0. The zero-order valence-electron chi connectivity index (χ0n) is 24.3. The SMILES string of the molecule is CN(C)CC[C@@H](NC(=O)c1nc2cc3c(nc2s1)CC[C@H](C(C)(C)C)C3)c1cccc(C(=O)N2CCOCC2)c1. The first-order chi connectivity index (χ1) is 19.1. The third kappa shape index (κ3) is 6.53. The van der Waals surface area contributed by atoms with Crippen molar-refractivity contribution >= 4 is 33.5 Å². The van der Waals surface area contributed by atoms with E-state index in [1.54, 1.807) is 0 Å². The summed E-state index contributed by atoms with van der Waals surface area (Å²) in [5, 5.41) is 3.64. The molecule has 0 spiro atoms. The molecule has 5 rings (SSSR count). The first kappa shape index (κ1) is 28.6. The standard InChI is InChI=1S/C31H41N5O3S/c1-31(2,3)23-9-10-24-22(18-23)19-26-28(33-24)40-29(34-26)27(37)32-25(11-12-35(4)5)20-7-6-8-21(17-20)30(38)36-13-15-39-16-14-36/h6-8,17,19,23,25H,9-16,18H2,1-5H3,(H,32,37)/t23-,25+/m0/s1. The van der Waals surface area contributed by atoms with Gasteiger partial charge in [0.25, 0.3) is 11.8 Å². The Hall–Kier alpha value is -2.88. The second kappa shape index (κ2) is 11.9. The highest BCUT2D eigenvalue weighted by molar-refractivity contribution is 7.19. The lowest BCUT2D eigenvalue weighted by Gasteiger charge is -2.34. The van der Waals surface area contributed by atoms with Crippen molar-refractivity contribution in [2.75, 3.05) is 46.9 Å². The number of ether oxygens (including phenoxy) is 1. The molecule has 2 atom stereocenters. The third-order valence-corrected chi connectivity index (χ3v) is 9.14. The van der Waals surface area contributed by atoms with Gasteiger partial charge in [0.05, 0.1) is 19.3 Å². The number of carbonyl (C=O) groups is 2. The summed E-state index contributed by atoms with van der Waals surface area (Å²) in [6, 6.07) is 9.53. The van der Waals surface area contributed by atoms with Gasteiger partial charge in [-0.15, -0.1) is 0 Å². The first-order valence-corrected chi connectivity index (χ1v) is 15.1. The van der Waals surface area contributed by atoms with E-state index in [9.17, 15) is 9.59 Å². The van der Waals surface area contributed by atoms with Crippen LogP contribution in [0.3, 0.4) is 0 Å². The number of morpholine rings is 1. The number of pyridine rings is 1. The van der Waals surface area contributed by atoms with E-state index < -0.39 is 0 Å². The summed E-state index contributed by atoms with van der Waals surface area (Å²) in [7, 11) is 4.03. The van der Waals surface area contributed by atoms with Crippen molar-refractivity contribution in [3.63, 3.8) is 0 Å². The molecule has 1 aliphatic heterocycles. The van der Waals surface area contributed by atoms with E-state index in [0.29, 0.717) is 49.2 Å². The molecule has 9 heteroatoms. The second-order valence-corrected chi connectivity index (χ2v) is 13.4. The number of nitrogens with zero attached hydrogens (tertiary/aromatic N) is 4. The Labute approximate surface area is 241 Å². The predicted molar refractivity (Wildman–Crippen MR) is 159 cm³/mol. The summed E-state index contributed by atoms with van der Waals surface area (Å²) in [6.45, 7) is 10.0. The number of fused-ring (bicyclic) bond motifs is 2. The fourth-order valence-corrected chi connectivity index (χ4v) is 6.46. The van der Waals surface area contributed by atoms with Gasteiger partial charge < -0.3 is 19.9 Å². The minimum absolute atomic E-state index is 0.00208. The molecule has 2 aliphatic rings. The number of benzene rings is 1. The van der Waals surface area contributed by atoms with Crippen molar-refractivity contribution in [1.82, 2.24) is 25.1 Å². The Bertz CT molecular complexity index is 1370. The molecule has 3 aromatic rings. The zero-order valence-corrected chi connectivity index (χ0v) is 25.1. The zero-order chi connectivity index (χ0) is 28.4. The monoisotopic (exact) mass is 563 g/mol. The molecule has 1 aliphatic carbocycles. The highest BCUT2D eigenvalue weighted by atomic mass is 32.1. The van der Waals surface area contributed by atoms with Gasteiger partial charge in [-0.2, -0.15) is 0 Å². The molecule has 1 fully saturated rings. The Balaban J connectivity index is 1.36. The van der Waals surface area contributed by atoms with Crippen LogP contribution in [0, 0.1) is 11.3 Å². The van der Waals surface area contributed by atoms with Gasteiger partial charge in [-0.25, -0.2) is 9.97 Å². The average Bonchev–Trinajstić information content (AvgIpc) is 3.36. The normalized spacial score (nSPS) is 18.6. The van der Waals surface area contributed by atoms with Gasteiger partial charge in [0, 0.05) is 24.3 Å². The number of thiazole rings is 1. The fourth-order valence-electron chi connectivity index (χ4n) is 5.62. The minimum Gasteiger partial charge on any atom is -0.378 e. The number of carbonyl (C=O) groups excluding carboxylic acids is 2. The van der Waals surface area contributed by atoms with Crippen molar-refractivity contribution in [3.8, 4) is 0 Å². The molecule has 0 saturated carbocycles. The van der Waals surface area contributed by atoms with Crippen molar-refractivity contribution in [2.45, 2.75) is 52.5 Å². The smallest absolute Gasteiger partial charge is 0.280 e. The molecular formula is C31H41N5O3S. The summed E-state index contributed by atoms with van der Waals surface area (Å²) in [6.07, 6.45) is 3.83. The molecule has 3 heterocycles. The summed E-state index contributed by atoms with van der Waals surface area (Å²) in [5.74, 6) is 0.406. The molecule has 214 valence electrons. The molecule has 2 amide bonds. The van der Waals surface area contributed by atoms with E-state index in [1.807, 2.05) is 43.3 Å². The summed E-state index contributed by atoms with van der Waals surface area (Å²) < 4.78 is 5.40. The molecule has 0 radical (unpaired) electrons.